The van der Waals surface area contributed by atoms with Gasteiger partial charge in [-0.25, -0.2) is 0 Å². The number of anilines is 1. The zero-order valence-corrected chi connectivity index (χ0v) is 20.4. The summed E-state index contributed by atoms with van der Waals surface area (Å²) in [4.78, 5) is 27.8. The van der Waals surface area contributed by atoms with Gasteiger partial charge >= 0.3 is 0 Å². The molecule has 1 amide bonds. The number of amides is 1. The van der Waals surface area contributed by atoms with Gasteiger partial charge in [-0.05, 0) is 60.2 Å². The Bertz CT molecular complexity index is 1160. The molecule has 2 aromatic carbocycles. The van der Waals surface area contributed by atoms with Crippen LogP contribution in [-0.4, -0.2) is 53.5 Å². The van der Waals surface area contributed by atoms with Gasteiger partial charge in [-0.3, -0.25) is 9.59 Å². The Labute approximate surface area is 199 Å². The maximum absolute atomic E-state index is 13.6. The molecule has 1 aliphatic heterocycles. The molecule has 8 nitrogen and oxygen atoms in total. The van der Waals surface area contributed by atoms with E-state index < -0.39 is 0 Å². The maximum atomic E-state index is 13.6. The van der Waals surface area contributed by atoms with Crippen LogP contribution >= 0.6 is 0 Å². The molecule has 1 heterocycles. The van der Waals surface area contributed by atoms with Crippen molar-refractivity contribution in [3.63, 3.8) is 0 Å². The Hall–Kier alpha value is -3.26. The molecular formula is C26H32N2O6. The molecule has 2 aliphatic rings. The fourth-order valence-electron chi connectivity index (χ4n) is 5.10. The van der Waals surface area contributed by atoms with Gasteiger partial charge in [0.1, 0.15) is 0 Å². The third kappa shape index (κ3) is 4.30. The zero-order valence-electron chi connectivity index (χ0n) is 20.4. The third-order valence-corrected chi connectivity index (χ3v) is 6.53. The molecule has 1 aliphatic carbocycles. The summed E-state index contributed by atoms with van der Waals surface area (Å²) >= 11 is 0. The lowest BCUT2D eigenvalue weighted by atomic mass is 9.95. The first kappa shape index (κ1) is 23.9. The number of hydrogen-bond acceptors (Lipinski definition) is 7. The summed E-state index contributed by atoms with van der Waals surface area (Å²) in [5.41, 5.74) is 4.94. The van der Waals surface area contributed by atoms with Crippen molar-refractivity contribution < 1.29 is 23.7 Å². The largest absolute Gasteiger partial charge is 0.493 e. The second-order valence-corrected chi connectivity index (χ2v) is 8.62. The zero-order chi connectivity index (χ0) is 24.4. The summed E-state index contributed by atoms with van der Waals surface area (Å²) in [6.07, 6.45) is 1.30. The molecule has 1 fully saturated rings. The van der Waals surface area contributed by atoms with Gasteiger partial charge in [-0.1, -0.05) is 0 Å². The molecule has 0 aromatic heterocycles. The van der Waals surface area contributed by atoms with Crippen LogP contribution in [0.5, 0.6) is 17.2 Å². The third-order valence-electron chi connectivity index (χ3n) is 6.53. The quantitative estimate of drug-likeness (QED) is 0.722. The van der Waals surface area contributed by atoms with Gasteiger partial charge in [-0.2, -0.15) is 0 Å². The Kier molecular flexibility index (Phi) is 6.97. The highest BCUT2D eigenvalue weighted by molar-refractivity contribution is 5.84. The van der Waals surface area contributed by atoms with Crippen LogP contribution in [0.25, 0.3) is 11.1 Å². The predicted molar refractivity (Wildman–Crippen MR) is 130 cm³/mol. The van der Waals surface area contributed by atoms with Crippen LogP contribution < -0.4 is 29.9 Å². The SMILES string of the molecule is COc1cc2c(c(OC)c1OC)-c1cc(C)c(N3CCOCC3)c(=O)cc1C(NC(C)=O)CC2. The van der Waals surface area contributed by atoms with Crippen molar-refractivity contribution >= 4 is 11.6 Å². The summed E-state index contributed by atoms with van der Waals surface area (Å²) in [6, 6.07) is 5.35. The number of fused-ring (bicyclic) bond motifs is 3. The van der Waals surface area contributed by atoms with Gasteiger partial charge in [0.05, 0.1) is 46.3 Å². The molecule has 34 heavy (non-hydrogen) atoms. The first-order chi connectivity index (χ1) is 16.4. The lowest BCUT2D eigenvalue weighted by molar-refractivity contribution is -0.119. The average Bonchev–Trinajstić information content (AvgIpc) is 3.04. The fourth-order valence-corrected chi connectivity index (χ4v) is 5.10. The molecule has 8 heteroatoms. The molecule has 0 spiro atoms. The molecular weight excluding hydrogens is 436 g/mol. The second kappa shape index (κ2) is 9.93. The minimum absolute atomic E-state index is 0.0705. The summed E-state index contributed by atoms with van der Waals surface area (Å²) in [6.45, 7) is 5.93. The standard InChI is InChI=1S/C26H32N2O6/c1-15-12-19-18(14-21(30)24(15)28-8-10-34-11-9-28)20(27-16(2)29)7-6-17-13-22(31-3)25(32-4)26(33-5)23(17)19/h12-14,20H,6-11H2,1-5H3,(H,27,29). The van der Waals surface area contributed by atoms with Crippen molar-refractivity contribution in [1.29, 1.82) is 0 Å². The number of ether oxygens (including phenoxy) is 4. The van der Waals surface area contributed by atoms with E-state index in [0.717, 1.165) is 27.8 Å². The molecule has 182 valence electrons. The van der Waals surface area contributed by atoms with Gasteiger partial charge in [0.25, 0.3) is 0 Å². The molecule has 1 saturated heterocycles. The van der Waals surface area contributed by atoms with Crippen LogP contribution in [0.15, 0.2) is 23.0 Å². The fraction of sp³-hybridized carbons (Fsp3) is 0.462. The van der Waals surface area contributed by atoms with E-state index in [0.29, 0.717) is 62.1 Å². The van der Waals surface area contributed by atoms with Crippen molar-refractivity contribution in [2.45, 2.75) is 32.7 Å². The first-order valence-corrected chi connectivity index (χ1v) is 11.5. The number of rotatable bonds is 5. The van der Waals surface area contributed by atoms with Crippen LogP contribution in [0.3, 0.4) is 0 Å². The van der Waals surface area contributed by atoms with Crippen LogP contribution in [0, 0.1) is 6.92 Å². The summed E-state index contributed by atoms with van der Waals surface area (Å²) in [5, 5.41) is 3.05. The molecule has 0 saturated carbocycles. The average molecular weight is 469 g/mol. The van der Waals surface area contributed by atoms with Crippen molar-refractivity contribution in [2.24, 2.45) is 0 Å². The molecule has 4 rings (SSSR count). The monoisotopic (exact) mass is 468 g/mol. The van der Waals surface area contributed by atoms with E-state index in [1.165, 1.54) is 6.92 Å². The Morgan fingerprint density at radius 3 is 2.38 bits per heavy atom. The predicted octanol–water partition coefficient (Wildman–Crippen LogP) is 3.01. The van der Waals surface area contributed by atoms with E-state index in [2.05, 4.69) is 10.2 Å². The van der Waals surface area contributed by atoms with E-state index in [1.807, 2.05) is 19.1 Å². The van der Waals surface area contributed by atoms with Crippen molar-refractivity contribution in [3.8, 4) is 28.4 Å². The minimum atomic E-state index is -0.321. The number of benzene rings is 1. The normalized spacial score (nSPS) is 17.2. The van der Waals surface area contributed by atoms with Crippen LogP contribution in [-0.2, 0) is 16.0 Å². The van der Waals surface area contributed by atoms with Gasteiger partial charge in [0.2, 0.25) is 17.1 Å². The number of hydrogen-bond donors (Lipinski definition) is 1. The summed E-state index contributed by atoms with van der Waals surface area (Å²) in [7, 11) is 4.77. The molecule has 1 atom stereocenters. The van der Waals surface area contributed by atoms with Crippen molar-refractivity contribution in [1.82, 2.24) is 5.32 Å². The van der Waals surface area contributed by atoms with E-state index in [1.54, 1.807) is 27.4 Å². The lowest BCUT2D eigenvalue weighted by Gasteiger charge is -2.28. The van der Waals surface area contributed by atoms with Crippen LogP contribution in [0.2, 0.25) is 0 Å². The Morgan fingerprint density at radius 1 is 1.06 bits per heavy atom. The van der Waals surface area contributed by atoms with E-state index in [9.17, 15) is 9.59 Å². The first-order valence-electron chi connectivity index (χ1n) is 11.5. The molecule has 1 N–H and O–H groups in total. The Morgan fingerprint density at radius 2 is 1.76 bits per heavy atom. The van der Waals surface area contributed by atoms with Crippen LogP contribution in [0.1, 0.15) is 36.1 Å². The number of carbonyl (C=O) groups excluding carboxylic acids is 1. The number of carbonyl (C=O) groups is 1. The smallest absolute Gasteiger partial charge is 0.217 e. The van der Waals surface area contributed by atoms with E-state index in [4.69, 9.17) is 18.9 Å². The number of morpholine rings is 1. The van der Waals surface area contributed by atoms with Gasteiger partial charge in [0, 0.05) is 25.6 Å². The lowest BCUT2D eigenvalue weighted by Crippen LogP contribution is -2.39. The highest BCUT2D eigenvalue weighted by Crippen LogP contribution is 2.50. The van der Waals surface area contributed by atoms with Crippen LogP contribution in [0.4, 0.5) is 5.69 Å². The number of nitrogens with one attached hydrogen (secondary N) is 1. The summed E-state index contributed by atoms with van der Waals surface area (Å²) < 4.78 is 22.6. The number of nitrogens with zero attached hydrogens (tertiary/aromatic N) is 1. The maximum Gasteiger partial charge on any atom is 0.217 e. The van der Waals surface area contributed by atoms with Gasteiger partial charge in [0.15, 0.2) is 11.5 Å². The molecule has 2 aromatic rings. The molecule has 1 unspecified atom stereocenters. The van der Waals surface area contributed by atoms with E-state index in [-0.39, 0.29) is 17.4 Å². The van der Waals surface area contributed by atoms with Crippen molar-refractivity contribution in [2.75, 3.05) is 52.5 Å². The topological polar surface area (TPSA) is 86.3 Å². The van der Waals surface area contributed by atoms with Crippen molar-refractivity contribution in [3.05, 3.63) is 45.1 Å². The minimum Gasteiger partial charge on any atom is -0.493 e. The molecule has 0 radical (unpaired) electrons. The Balaban J connectivity index is 2.06. The summed E-state index contributed by atoms with van der Waals surface area (Å²) in [5.74, 6) is 1.47. The highest BCUT2D eigenvalue weighted by Gasteiger charge is 2.30. The second-order valence-electron chi connectivity index (χ2n) is 8.62. The van der Waals surface area contributed by atoms with Gasteiger partial charge < -0.3 is 29.2 Å². The van der Waals surface area contributed by atoms with Gasteiger partial charge in [-0.15, -0.1) is 0 Å². The molecule has 0 bridgehead atoms. The number of methoxy groups -OCH3 is 3. The van der Waals surface area contributed by atoms with E-state index >= 15 is 0 Å². The highest BCUT2D eigenvalue weighted by atomic mass is 16.5. The number of aryl methyl sites for hydroxylation is 2.